The second kappa shape index (κ2) is 6.21. The van der Waals surface area contributed by atoms with Crippen LogP contribution in [0.4, 0.5) is 0 Å². The highest BCUT2D eigenvalue weighted by atomic mass is 16.5. The lowest BCUT2D eigenvalue weighted by Gasteiger charge is -2.18. The predicted octanol–water partition coefficient (Wildman–Crippen LogP) is 1.81. The third kappa shape index (κ3) is 3.76. The highest BCUT2D eigenvalue weighted by Gasteiger charge is 2.33. The Labute approximate surface area is 96.6 Å². The minimum absolute atomic E-state index is 0.0355. The van der Waals surface area contributed by atoms with Gasteiger partial charge in [-0.3, -0.25) is 4.79 Å². The molecule has 2 N–H and O–H groups in total. The number of aliphatic hydroxyl groups is 1. The van der Waals surface area contributed by atoms with Gasteiger partial charge in [0.25, 0.3) is 0 Å². The van der Waals surface area contributed by atoms with E-state index in [1.165, 1.54) is 0 Å². The molecule has 0 spiro atoms. The summed E-state index contributed by atoms with van der Waals surface area (Å²) in [5, 5.41) is 18.5. The summed E-state index contributed by atoms with van der Waals surface area (Å²) in [4.78, 5) is 10.8. The van der Waals surface area contributed by atoms with Crippen LogP contribution in [0.3, 0.4) is 0 Å². The third-order valence-corrected chi connectivity index (χ3v) is 3.24. The maximum absolute atomic E-state index is 10.8. The molecule has 1 aliphatic heterocycles. The Hall–Kier alpha value is -0.610. The molecule has 1 fully saturated rings. The third-order valence-electron chi connectivity index (χ3n) is 3.24. The molecule has 16 heavy (non-hydrogen) atoms. The number of aliphatic hydroxyl groups excluding tert-OH is 1. The lowest BCUT2D eigenvalue weighted by atomic mass is 10.0. The van der Waals surface area contributed by atoms with Crippen LogP contribution in [0.15, 0.2) is 0 Å². The molecule has 0 aromatic heterocycles. The molecule has 0 unspecified atom stereocenters. The van der Waals surface area contributed by atoms with Crippen molar-refractivity contribution in [3.8, 4) is 0 Å². The standard InChI is InChI=1S/C12H22O4/c1-3-4-9(13)7-10-5-6-11(16-10)8(2)12(14)15/h8-11,13H,3-7H2,1-2H3,(H,14,15)/t8-,9+,10+,11-/m1/s1. The minimum atomic E-state index is -0.806. The highest BCUT2D eigenvalue weighted by molar-refractivity contribution is 5.70. The molecule has 1 heterocycles. The number of rotatable bonds is 6. The molecular weight excluding hydrogens is 208 g/mol. The quantitative estimate of drug-likeness (QED) is 0.730. The summed E-state index contributed by atoms with van der Waals surface area (Å²) in [7, 11) is 0. The van der Waals surface area contributed by atoms with Crippen molar-refractivity contribution in [2.45, 2.75) is 64.3 Å². The molecule has 1 rings (SSSR count). The van der Waals surface area contributed by atoms with Crippen molar-refractivity contribution in [2.75, 3.05) is 0 Å². The Morgan fingerprint density at radius 3 is 2.75 bits per heavy atom. The first kappa shape index (κ1) is 13.5. The van der Waals surface area contributed by atoms with E-state index in [1.54, 1.807) is 6.92 Å². The molecule has 0 aromatic rings. The Morgan fingerprint density at radius 2 is 2.19 bits per heavy atom. The molecule has 0 amide bonds. The van der Waals surface area contributed by atoms with Gasteiger partial charge in [-0.2, -0.15) is 0 Å². The second-order valence-corrected chi connectivity index (χ2v) is 4.68. The summed E-state index contributed by atoms with van der Waals surface area (Å²) in [6, 6.07) is 0. The first-order valence-corrected chi connectivity index (χ1v) is 6.11. The van der Waals surface area contributed by atoms with Crippen molar-refractivity contribution in [3.05, 3.63) is 0 Å². The number of carboxylic acid groups (broad SMARTS) is 1. The fraction of sp³-hybridized carbons (Fsp3) is 0.917. The van der Waals surface area contributed by atoms with E-state index >= 15 is 0 Å². The van der Waals surface area contributed by atoms with Crippen LogP contribution in [-0.2, 0) is 9.53 Å². The van der Waals surface area contributed by atoms with Crippen molar-refractivity contribution >= 4 is 5.97 Å². The summed E-state index contributed by atoms with van der Waals surface area (Å²) in [5.41, 5.74) is 0. The van der Waals surface area contributed by atoms with E-state index in [1.807, 2.05) is 6.92 Å². The van der Waals surface area contributed by atoms with Crippen molar-refractivity contribution in [1.29, 1.82) is 0 Å². The normalized spacial score (nSPS) is 28.9. The van der Waals surface area contributed by atoms with E-state index in [0.717, 1.165) is 25.7 Å². The molecule has 4 heteroatoms. The molecule has 0 aromatic carbocycles. The molecule has 4 atom stereocenters. The predicted molar refractivity (Wildman–Crippen MR) is 60.2 cm³/mol. The van der Waals surface area contributed by atoms with Crippen molar-refractivity contribution in [1.82, 2.24) is 0 Å². The number of hydrogen-bond acceptors (Lipinski definition) is 3. The Bertz CT molecular complexity index is 229. The Balaban J connectivity index is 2.32. The monoisotopic (exact) mass is 230 g/mol. The van der Waals surface area contributed by atoms with Crippen LogP contribution in [0.2, 0.25) is 0 Å². The van der Waals surface area contributed by atoms with E-state index in [0.29, 0.717) is 6.42 Å². The number of ether oxygens (including phenoxy) is 1. The van der Waals surface area contributed by atoms with Gasteiger partial charge in [-0.15, -0.1) is 0 Å². The summed E-state index contributed by atoms with van der Waals surface area (Å²) < 4.78 is 5.66. The van der Waals surface area contributed by atoms with E-state index in [4.69, 9.17) is 9.84 Å². The second-order valence-electron chi connectivity index (χ2n) is 4.68. The average molecular weight is 230 g/mol. The van der Waals surface area contributed by atoms with Crippen LogP contribution in [-0.4, -0.2) is 34.5 Å². The highest BCUT2D eigenvalue weighted by Crippen LogP contribution is 2.28. The van der Waals surface area contributed by atoms with Gasteiger partial charge >= 0.3 is 5.97 Å². The molecule has 0 radical (unpaired) electrons. The lowest BCUT2D eigenvalue weighted by Crippen LogP contribution is -2.26. The fourth-order valence-corrected chi connectivity index (χ4v) is 2.19. The molecule has 94 valence electrons. The maximum atomic E-state index is 10.8. The van der Waals surface area contributed by atoms with Crippen LogP contribution in [0.1, 0.15) is 46.0 Å². The first-order chi connectivity index (χ1) is 7.54. The number of carboxylic acids is 1. The summed E-state index contributed by atoms with van der Waals surface area (Å²) in [6.07, 6.45) is 3.58. The summed E-state index contributed by atoms with van der Waals surface area (Å²) >= 11 is 0. The van der Waals surface area contributed by atoms with Gasteiger partial charge in [-0.25, -0.2) is 0 Å². The van der Waals surface area contributed by atoms with E-state index < -0.39 is 11.9 Å². The van der Waals surface area contributed by atoms with Crippen LogP contribution in [0.25, 0.3) is 0 Å². The zero-order valence-corrected chi connectivity index (χ0v) is 10.1. The van der Waals surface area contributed by atoms with Gasteiger partial charge in [0.15, 0.2) is 0 Å². The lowest BCUT2D eigenvalue weighted by molar-refractivity contribution is -0.146. The summed E-state index contributed by atoms with van der Waals surface area (Å²) in [5.74, 6) is -1.26. The minimum Gasteiger partial charge on any atom is -0.481 e. The van der Waals surface area contributed by atoms with Gasteiger partial charge in [0, 0.05) is 0 Å². The molecule has 0 bridgehead atoms. The summed E-state index contributed by atoms with van der Waals surface area (Å²) in [6.45, 7) is 3.71. The first-order valence-electron chi connectivity index (χ1n) is 6.11. The van der Waals surface area contributed by atoms with E-state index in [-0.39, 0.29) is 18.3 Å². The molecule has 1 aliphatic rings. The molecular formula is C12H22O4. The topological polar surface area (TPSA) is 66.8 Å². The van der Waals surface area contributed by atoms with Crippen LogP contribution in [0.5, 0.6) is 0 Å². The van der Waals surface area contributed by atoms with Crippen LogP contribution >= 0.6 is 0 Å². The molecule has 0 aliphatic carbocycles. The number of aliphatic carboxylic acids is 1. The van der Waals surface area contributed by atoms with Crippen molar-refractivity contribution in [3.63, 3.8) is 0 Å². The average Bonchev–Trinajstić information content (AvgIpc) is 2.65. The van der Waals surface area contributed by atoms with Gasteiger partial charge in [0.1, 0.15) is 0 Å². The van der Waals surface area contributed by atoms with Gasteiger partial charge in [0.2, 0.25) is 0 Å². The largest absolute Gasteiger partial charge is 0.481 e. The molecule has 4 nitrogen and oxygen atoms in total. The van der Waals surface area contributed by atoms with Crippen molar-refractivity contribution in [2.24, 2.45) is 5.92 Å². The Morgan fingerprint density at radius 1 is 1.50 bits per heavy atom. The maximum Gasteiger partial charge on any atom is 0.308 e. The Kier molecular flexibility index (Phi) is 5.22. The van der Waals surface area contributed by atoms with Gasteiger partial charge < -0.3 is 14.9 Å². The fourth-order valence-electron chi connectivity index (χ4n) is 2.19. The van der Waals surface area contributed by atoms with E-state index in [9.17, 15) is 9.90 Å². The zero-order chi connectivity index (χ0) is 12.1. The van der Waals surface area contributed by atoms with Crippen molar-refractivity contribution < 1.29 is 19.7 Å². The SMILES string of the molecule is CCC[C@H](O)C[C@@H]1CC[C@H]([C@@H](C)C(=O)O)O1. The zero-order valence-electron chi connectivity index (χ0n) is 10.1. The van der Waals surface area contributed by atoms with Gasteiger partial charge in [-0.05, 0) is 32.6 Å². The molecule has 0 saturated carbocycles. The van der Waals surface area contributed by atoms with Gasteiger partial charge in [0.05, 0.1) is 24.2 Å². The number of carbonyl (C=O) groups is 1. The van der Waals surface area contributed by atoms with E-state index in [2.05, 4.69) is 0 Å². The smallest absolute Gasteiger partial charge is 0.308 e. The number of hydrogen-bond donors (Lipinski definition) is 2. The molecule has 1 saturated heterocycles. The van der Waals surface area contributed by atoms with Gasteiger partial charge in [-0.1, -0.05) is 13.3 Å². The van der Waals surface area contributed by atoms with Crippen LogP contribution in [0, 0.1) is 5.92 Å². The van der Waals surface area contributed by atoms with Crippen LogP contribution < -0.4 is 0 Å².